The number of amides is 2. The van der Waals surface area contributed by atoms with Crippen LogP contribution in [0.25, 0.3) is 0 Å². The Kier molecular flexibility index (Phi) is 6.32. The van der Waals surface area contributed by atoms with Crippen LogP contribution in [0.4, 0.5) is 10.1 Å². The first-order valence-corrected chi connectivity index (χ1v) is 10.9. The van der Waals surface area contributed by atoms with Crippen LogP contribution in [0.5, 0.6) is 0 Å². The topological polar surface area (TPSA) is 75.2 Å². The number of carbonyl (C=O) groups excluding carboxylic acids is 2. The molecule has 0 radical (unpaired) electrons. The highest BCUT2D eigenvalue weighted by molar-refractivity contribution is 8.04. The zero-order valence-corrected chi connectivity index (χ0v) is 18.4. The summed E-state index contributed by atoms with van der Waals surface area (Å²) in [5.41, 5.74) is 3.21. The molecular weight excluding hydrogens is 427 g/mol. The molecule has 0 aliphatic carbocycles. The summed E-state index contributed by atoms with van der Waals surface area (Å²) < 4.78 is 13.3. The SMILES string of the molecule is Cc1cc(C)nc(SC2=C(Nc3ccc(F)cc3)C(=O)N(CCc3ccccc3)C2=O)n1. The number of carbonyl (C=O) groups is 2. The van der Waals surface area contributed by atoms with Gasteiger partial charge in [0.2, 0.25) is 0 Å². The average molecular weight is 449 g/mol. The van der Waals surface area contributed by atoms with E-state index in [2.05, 4.69) is 15.3 Å². The van der Waals surface area contributed by atoms with E-state index in [0.717, 1.165) is 28.7 Å². The molecule has 32 heavy (non-hydrogen) atoms. The van der Waals surface area contributed by atoms with E-state index in [9.17, 15) is 14.0 Å². The van der Waals surface area contributed by atoms with E-state index in [-0.39, 0.29) is 23.0 Å². The summed E-state index contributed by atoms with van der Waals surface area (Å²) in [6, 6.07) is 17.1. The number of anilines is 1. The lowest BCUT2D eigenvalue weighted by molar-refractivity contribution is -0.137. The first-order chi connectivity index (χ1) is 15.4. The summed E-state index contributed by atoms with van der Waals surface area (Å²) in [6.07, 6.45) is 0.542. The Morgan fingerprint density at radius 3 is 2.25 bits per heavy atom. The van der Waals surface area contributed by atoms with Gasteiger partial charge in [-0.25, -0.2) is 14.4 Å². The van der Waals surface area contributed by atoms with E-state index in [0.29, 0.717) is 17.3 Å². The number of aromatic nitrogens is 2. The van der Waals surface area contributed by atoms with Crippen molar-refractivity contribution < 1.29 is 14.0 Å². The van der Waals surface area contributed by atoms with Crippen LogP contribution in [-0.2, 0) is 16.0 Å². The number of hydrogen-bond donors (Lipinski definition) is 1. The monoisotopic (exact) mass is 448 g/mol. The van der Waals surface area contributed by atoms with Crippen LogP contribution in [0.3, 0.4) is 0 Å². The third kappa shape index (κ3) is 4.86. The van der Waals surface area contributed by atoms with Gasteiger partial charge in [0.15, 0.2) is 5.16 Å². The van der Waals surface area contributed by atoms with Gasteiger partial charge >= 0.3 is 0 Å². The smallest absolute Gasteiger partial charge is 0.278 e. The highest BCUT2D eigenvalue weighted by atomic mass is 32.2. The lowest BCUT2D eigenvalue weighted by Crippen LogP contribution is -2.34. The maximum absolute atomic E-state index is 13.3. The van der Waals surface area contributed by atoms with E-state index in [1.165, 1.54) is 29.2 Å². The molecule has 1 aliphatic rings. The average Bonchev–Trinajstić information content (AvgIpc) is 2.97. The highest BCUT2D eigenvalue weighted by Gasteiger charge is 2.39. The molecule has 0 unspecified atom stereocenters. The molecule has 0 fully saturated rings. The third-order valence-electron chi connectivity index (χ3n) is 4.86. The number of imide groups is 1. The fourth-order valence-electron chi connectivity index (χ4n) is 3.36. The molecule has 2 heterocycles. The Balaban J connectivity index is 1.63. The molecule has 2 amide bonds. The van der Waals surface area contributed by atoms with Crippen molar-refractivity contribution in [2.75, 3.05) is 11.9 Å². The van der Waals surface area contributed by atoms with Crippen LogP contribution in [0.15, 0.2) is 76.4 Å². The number of thioether (sulfide) groups is 1. The molecule has 2 aromatic carbocycles. The largest absolute Gasteiger partial charge is 0.350 e. The molecule has 1 aromatic heterocycles. The fourth-order valence-corrected chi connectivity index (χ4v) is 4.36. The standard InChI is InChI=1S/C24H21FN4O2S/c1-15-14-16(2)27-24(26-15)32-21-20(28-19-10-8-18(25)9-11-19)22(30)29(23(21)31)13-12-17-6-4-3-5-7-17/h3-11,14,28H,12-13H2,1-2H3. The number of halogens is 1. The summed E-state index contributed by atoms with van der Waals surface area (Å²) in [5.74, 6) is -1.22. The molecule has 6 nitrogen and oxygen atoms in total. The van der Waals surface area contributed by atoms with Crippen LogP contribution >= 0.6 is 11.8 Å². The van der Waals surface area contributed by atoms with Crippen molar-refractivity contribution in [3.8, 4) is 0 Å². The first-order valence-electron chi connectivity index (χ1n) is 10.1. The van der Waals surface area contributed by atoms with Crippen molar-refractivity contribution in [2.24, 2.45) is 0 Å². The lowest BCUT2D eigenvalue weighted by atomic mass is 10.1. The maximum Gasteiger partial charge on any atom is 0.278 e. The van der Waals surface area contributed by atoms with Gasteiger partial charge in [-0.15, -0.1) is 0 Å². The second-order valence-electron chi connectivity index (χ2n) is 7.37. The summed E-state index contributed by atoms with van der Waals surface area (Å²) >= 11 is 1.06. The van der Waals surface area contributed by atoms with Crippen molar-refractivity contribution >= 4 is 29.3 Å². The summed E-state index contributed by atoms with van der Waals surface area (Å²) in [4.78, 5) is 36.7. The molecule has 0 saturated heterocycles. The van der Waals surface area contributed by atoms with Crippen molar-refractivity contribution in [1.29, 1.82) is 0 Å². The third-order valence-corrected chi connectivity index (χ3v) is 5.81. The zero-order valence-electron chi connectivity index (χ0n) is 17.6. The van der Waals surface area contributed by atoms with Gasteiger partial charge in [0.1, 0.15) is 16.4 Å². The molecule has 162 valence electrons. The summed E-state index contributed by atoms with van der Waals surface area (Å²) in [5, 5.41) is 3.39. The van der Waals surface area contributed by atoms with Crippen molar-refractivity contribution in [1.82, 2.24) is 14.9 Å². The fraction of sp³-hybridized carbons (Fsp3) is 0.167. The maximum atomic E-state index is 13.3. The molecule has 4 rings (SSSR count). The van der Waals surface area contributed by atoms with Gasteiger partial charge in [0.25, 0.3) is 11.8 Å². The highest BCUT2D eigenvalue weighted by Crippen LogP contribution is 2.34. The molecule has 0 saturated carbocycles. The normalized spacial score (nSPS) is 13.8. The van der Waals surface area contributed by atoms with Crippen molar-refractivity contribution in [2.45, 2.75) is 25.4 Å². The number of nitrogens with zero attached hydrogens (tertiary/aromatic N) is 3. The van der Waals surface area contributed by atoms with Crippen LogP contribution in [0.2, 0.25) is 0 Å². The van der Waals surface area contributed by atoms with Crippen LogP contribution < -0.4 is 5.32 Å². The number of nitrogens with one attached hydrogen (secondary N) is 1. The molecular formula is C24H21FN4O2S. The Hall–Kier alpha value is -3.52. The molecule has 0 atom stereocenters. The number of aryl methyl sites for hydroxylation is 2. The predicted octanol–water partition coefficient (Wildman–Crippen LogP) is 4.26. The van der Waals surface area contributed by atoms with E-state index < -0.39 is 11.8 Å². The van der Waals surface area contributed by atoms with E-state index in [1.54, 1.807) is 0 Å². The second kappa shape index (κ2) is 9.32. The first kappa shape index (κ1) is 21.7. The van der Waals surface area contributed by atoms with E-state index >= 15 is 0 Å². The minimum absolute atomic E-state index is 0.141. The van der Waals surface area contributed by atoms with Gasteiger partial charge in [-0.2, -0.15) is 0 Å². The second-order valence-corrected chi connectivity index (χ2v) is 8.35. The van der Waals surface area contributed by atoms with E-state index in [4.69, 9.17) is 0 Å². The molecule has 1 aliphatic heterocycles. The van der Waals surface area contributed by atoms with Gasteiger partial charge in [-0.1, -0.05) is 30.3 Å². The zero-order chi connectivity index (χ0) is 22.7. The predicted molar refractivity (Wildman–Crippen MR) is 121 cm³/mol. The Morgan fingerprint density at radius 2 is 1.59 bits per heavy atom. The van der Waals surface area contributed by atoms with Crippen molar-refractivity contribution in [3.05, 3.63) is 94.0 Å². The van der Waals surface area contributed by atoms with Crippen LogP contribution in [0, 0.1) is 19.7 Å². The molecule has 1 N–H and O–H groups in total. The Bertz CT molecular complexity index is 1180. The number of hydrogen-bond acceptors (Lipinski definition) is 6. The molecule has 0 spiro atoms. The van der Waals surface area contributed by atoms with E-state index in [1.807, 2.05) is 50.2 Å². The molecule has 8 heteroatoms. The molecule has 0 bridgehead atoms. The quantitative estimate of drug-likeness (QED) is 0.430. The van der Waals surface area contributed by atoms with Gasteiger partial charge in [0, 0.05) is 23.6 Å². The number of rotatable bonds is 7. The Morgan fingerprint density at radius 1 is 0.938 bits per heavy atom. The summed E-state index contributed by atoms with van der Waals surface area (Å²) in [7, 11) is 0. The van der Waals surface area contributed by atoms with Crippen LogP contribution in [-0.4, -0.2) is 33.2 Å². The minimum Gasteiger partial charge on any atom is -0.350 e. The minimum atomic E-state index is -0.429. The molecule has 3 aromatic rings. The van der Waals surface area contributed by atoms with Crippen LogP contribution in [0.1, 0.15) is 17.0 Å². The lowest BCUT2D eigenvalue weighted by Gasteiger charge is -2.15. The van der Waals surface area contributed by atoms with Gasteiger partial charge in [-0.3, -0.25) is 14.5 Å². The van der Waals surface area contributed by atoms with Gasteiger partial charge < -0.3 is 5.32 Å². The summed E-state index contributed by atoms with van der Waals surface area (Å²) in [6.45, 7) is 3.94. The van der Waals surface area contributed by atoms with Gasteiger partial charge in [0.05, 0.1) is 0 Å². The van der Waals surface area contributed by atoms with Gasteiger partial charge in [-0.05, 0) is 67.9 Å². The Labute approximate surface area is 189 Å². The number of benzene rings is 2. The van der Waals surface area contributed by atoms with Crippen molar-refractivity contribution in [3.63, 3.8) is 0 Å².